The van der Waals surface area contributed by atoms with Gasteiger partial charge in [0.25, 0.3) is 0 Å². The lowest BCUT2D eigenvalue weighted by atomic mass is 10.0. The van der Waals surface area contributed by atoms with E-state index in [4.69, 9.17) is 22.3 Å². The van der Waals surface area contributed by atoms with Gasteiger partial charge in [-0.15, -0.1) is 10.2 Å². The highest BCUT2D eigenvalue weighted by Crippen LogP contribution is 2.39. The molecule has 100 valence electrons. The number of nitrogens with zero attached hydrogens (tertiary/aromatic N) is 3. The van der Waals surface area contributed by atoms with Crippen LogP contribution in [-0.2, 0) is 12.8 Å². The number of pyridine rings is 1. The Balaban J connectivity index is 2.12. The molecule has 0 fully saturated rings. The molecular formula is C14H11ClN4S. The van der Waals surface area contributed by atoms with Gasteiger partial charge >= 0.3 is 0 Å². The third kappa shape index (κ3) is 1.77. The van der Waals surface area contributed by atoms with Crippen molar-refractivity contribution in [1.29, 1.82) is 0 Å². The molecule has 1 aliphatic carbocycles. The Bertz CT molecular complexity index is 827. The number of fused-ring (bicyclic) bond motifs is 2. The Morgan fingerprint density at radius 2 is 2.10 bits per heavy atom. The SMILES string of the molecule is Nc1nnc(-c2c3c(nc4ccc(Cl)cc24)CCC3)s1. The zero-order valence-corrected chi connectivity index (χ0v) is 12.1. The predicted octanol–water partition coefficient (Wildman–Crippen LogP) is 3.48. The molecule has 2 N–H and O–H groups in total. The van der Waals surface area contributed by atoms with E-state index in [9.17, 15) is 0 Å². The van der Waals surface area contributed by atoms with Crippen molar-refractivity contribution in [2.45, 2.75) is 19.3 Å². The predicted molar refractivity (Wildman–Crippen MR) is 82.1 cm³/mol. The number of aromatic nitrogens is 3. The second kappa shape index (κ2) is 4.40. The number of aryl methyl sites for hydroxylation is 1. The molecule has 3 aromatic rings. The summed E-state index contributed by atoms with van der Waals surface area (Å²) in [5.74, 6) is 0. The Labute approximate surface area is 124 Å². The van der Waals surface area contributed by atoms with Gasteiger partial charge in [0, 0.05) is 21.7 Å². The average molecular weight is 303 g/mol. The van der Waals surface area contributed by atoms with Gasteiger partial charge < -0.3 is 5.73 Å². The van der Waals surface area contributed by atoms with E-state index in [1.165, 1.54) is 22.6 Å². The summed E-state index contributed by atoms with van der Waals surface area (Å²) < 4.78 is 0. The topological polar surface area (TPSA) is 64.7 Å². The van der Waals surface area contributed by atoms with Gasteiger partial charge in [-0.1, -0.05) is 22.9 Å². The molecule has 1 aromatic carbocycles. The lowest BCUT2D eigenvalue weighted by Crippen LogP contribution is -1.95. The Morgan fingerprint density at radius 3 is 2.90 bits per heavy atom. The zero-order chi connectivity index (χ0) is 13.7. The van der Waals surface area contributed by atoms with Crippen LogP contribution in [0.2, 0.25) is 5.02 Å². The smallest absolute Gasteiger partial charge is 0.203 e. The molecule has 0 amide bonds. The maximum absolute atomic E-state index is 6.15. The molecule has 0 atom stereocenters. The number of anilines is 1. The number of rotatable bonds is 1. The van der Waals surface area contributed by atoms with E-state index >= 15 is 0 Å². The highest BCUT2D eigenvalue weighted by Gasteiger charge is 2.22. The molecule has 0 saturated heterocycles. The fraction of sp³-hybridized carbons (Fsp3) is 0.214. The number of halogens is 1. The van der Waals surface area contributed by atoms with Crippen LogP contribution in [0.5, 0.6) is 0 Å². The number of nitrogens with two attached hydrogens (primary N) is 1. The molecule has 2 heterocycles. The molecule has 6 heteroatoms. The van der Waals surface area contributed by atoms with Gasteiger partial charge in [0.1, 0.15) is 0 Å². The first-order valence-electron chi connectivity index (χ1n) is 6.43. The van der Waals surface area contributed by atoms with Gasteiger partial charge in [0.15, 0.2) is 5.01 Å². The van der Waals surface area contributed by atoms with Crippen molar-refractivity contribution in [3.8, 4) is 10.6 Å². The van der Waals surface area contributed by atoms with E-state index in [0.29, 0.717) is 10.2 Å². The van der Waals surface area contributed by atoms with Gasteiger partial charge in [-0.05, 0) is 43.0 Å². The standard InChI is InChI=1S/C14H11ClN4S/c15-7-4-5-11-9(6-7)12(13-18-19-14(16)20-13)8-2-1-3-10(8)17-11/h4-6H,1-3H2,(H2,16,19). The van der Waals surface area contributed by atoms with Gasteiger partial charge in [-0.25, -0.2) is 0 Å². The molecule has 0 bridgehead atoms. The van der Waals surface area contributed by atoms with Crippen molar-refractivity contribution in [3.63, 3.8) is 0 Å². The lowest BCUT2D eigenvalue weighted by molar-refractivity contribution is 0.901. The van der Waals surface area contributed by atoms with E-state index in [2.05, 4.69) is 10.2 Å². The van der Waals surface area contributed by atoms with Gasteiger partial charge in [0.2, 0.25) is 5.13 Å². The maximum Gasteiger partial charge on any atom is 0.203 e. The fourth-order valence-corrected chi connectivity index (χ4v) is 3.68. The van der Waals surface area contributed by atoms with Crippen LogP contribution in [0.15, 0.2) is 18.2 Å². The van der Waals surface area contributed by atoms with E-state index in [1.54, 1.807) is 0 Å². The summed E-state index contributed by atoms with van der Waals surface area (Å²) in [4.78, 5) is 4.76. The molecule has 4 rings (SSSR count). The van der Waals surface area contributed by atoms with Crippen molar-refractivity contribution >= 4 is 39.0 Å². The molecule has 4 nitrogen and oxygen atoms in total. The highest BCUT2D eigenvalue weighted by atomic mass is 35.5. The van der Waals surface area contributed by atoms with E-state index < -0.39 is 0 Å². The number of benzene rings is 1. The first kappa shape index (κ1) is 12.1. The van der Waals surface area contributed by atoms with Crippen molar-refractivity contribution in [1.82, 2.24) is 15.2 Å². The summed E-state index contributed by atoms with van der Waals surface area (Å²) in [6.07, 6.45) is 3.18. The summed E-state index contributed by atoms with van der Waals surface area (Å²) in [5.41, 5.74) is 10.2. The monoisotopic (exact) mass is 302 g/mol. The number of nitrogen functional groups attached to an aromatic ring is 1. The quantitative estimate of drug-likeness (QED) is 0.747. The third-order valence-electron chi connectivity index (χ3n) is 3.63. The van der Waals surface area contributed by atoms with Gasteiger partial charge in [0.05, 0.1) is 5.52 Å². The molecular weight excluding hydrogens is 292 g/mol. The van der Waals surface area contributed by atoms with Crippen molar-refractivity contribution in [2.75, 3.05) is 5.73 Å². The average Bonchev–Trinajstić information content (AvgIpc) is 3.04. The largest absolute Gasteiger partial charge is 0.374 e. The molecule has 0 spiro atoms. The van der Waals surface area contributed by atoms with E-state index in [1.807, 2.05) is 18.2 Å². The molecule has 1 aliphatic rings. The normalized spacial score (nSPS) is 13.8. The van der Waals surface area contributed by atoms with Crippen molar-refractivity contribution in [2.24, 2.45) is 0 Å². The van der Waals surface area contributed by atoms with Gasteiger partial charge in [-0.2, -0.15) is 0 Å². The summed E-state index contributed by atoms with van der Waals surface area (Å²) in [6.45, 7) is 0. The van der Waals surface area contributed by atoms with Crippen LogP contribution in [0.4, 0.5) is 5.13 Å². The van der Waals surface area contributed by atoms with Crippen molar-refractivity contribution in [3.05, 3.63) is 34.5 Å². The minimum Gasteiger partial charge on any atom is -0.374 e. The number of hydrogen-bond acceptors (Lipinski definition) is 5. The van der Waals surface area contributed by atoms with Crippen LogP contribution in [0.3, 0.4) is 0 Å². The summed E-state index contributed by atoms with van der Waals surface area (Å²) in [7, 11) is 0. The molecule has 0 aliphatic heterocycles. The zero-order valence-electron chi connectivity index (χ0n) is 10.6. The molecule has 0 unspecified atom stereocenters. The van der Waals surface area contributed by atoms with Crippen LogP contribution in [0, 0.1) is 0 Å². The molecule has 0 radical (unpaired) electrons. The van der Waals surface area contributed by atoms with Crippen LogP contribution < -0.4 is 5.73 Å². The Hall–Kier alpha value is -1.72. The minimum atomic E-state index is 0.485. The first-order valence-corrected chi connectivity index (χ1v) is 7.62. The van der Waals surface area contributed by atoms with Crippen LogP contribution >= 0.6 is 22.9 Å². The third-order valence-corrected chi connectivity index (χ3v) is 4.63. The molecule has 20 heavy (non-hydrogen) atoms. The lowest BCUT2D eigenvalue weighted by Gasteiger charge is -2.10. The Kier molecular flexibility index (Phi) is 2.65. The Morgan fingerprint density at radius 1 is 1.20 bits per heavy atom. The molecule has 0 saturated carbocycles. The summed E-state index contributed by atoms with van der Waals surface area (Å²) in [6, 6.07) is 5.79. The second-order valence-corrected chi connectivity index (χ2v) is 6.32. The van der Waals surface area contributed by atoms with Crippen LogP contribution in [0.1, 0.15) is 17.7 Å². The number of hydrogen-bond donors (Lipinski definition) is 1. The van der Waals surface area contributed by atoms with E-state index in [-0.39, 0.29) is 0 Å². The first-order chi connectivity index (χ1) is 9.72. The maximum atomic E-state index is 6.15. The van der Waals surface area contributed by atoms with Gasteiger partial charge in [-0.3, -0.25) is 4.98 Å². The van der Waals surface area contributed by atoms with Crippen LogP contribution in [0.25, 0.3) is 21.5 Å². The highest BCUT2D eigenvalue weighted by molar-refractivity contribution is 7.18. The molecule has 2 aromatic heterocycles. The minimum absolute atomic E-state index is 0.485. The summed E-state index contributed by atoms with van der Waals surface area (Å²) >= 11 is 7.56. The fourth-order valence-electron chi connectivity index (χ4n) is 2.81. The second-order valence-electron chi connectivity index (χ2n) is 4.87. The van der Waals surface area contributed by atoms with Crippen LogP contribution in [-0.4, -0.2) is 15.2 Å². The summed E-state index contributed by atoms with van der Waals surface area (Å²) in [5, 5.41) is 11.2. The van der Waals surface area contributed by atoms with Crippen molar-refractivity contribution < 1.29 is 0 Å². The van der Waals surface area contributed by atoms with E-state index in [0.717, 1.165) is 40.7 Å².